The zero-order chi connectivity index (χ0) is 17.7. The Hall–Kier alpha value is -2.24. The van der Waals surface area contributed by atoms with Crippen molar-refractivity contribution in [2.24, 2.45) is 0 Å². The van der Waals surface area contributed by atoms with Gasteiger partial charge in [0.1, 0.15) is 5.75 Å². The van der Waals surface area contributed by atoms with E-state index in [4.69, 9.17) is 27.9 Å². The Morgan fingerprint density at radius 2 is 1.42 bits per heavy atom. The summed E-state index contributed by atoms with van der Waals surface area (Å²) in [4.78, 5) is 23.8. The van der Waals surface area contributed by atoms with Crippen molar-refractivity contribution < 1.29 is 14.3 Å². The second-order valence-electron chi connectivity index (χ2n) is 5.23. The van der Waals surface area contributed by atoms with Crippen molar-refractivity contribution >= 4 is 46.4 Å². The molecular formula is C17H16Cl2N2O3. The molecule has 0 saturated heterocycles. The number of hydrogen-bond acceptors (Lipinski definition) is 3. The first-order chi connectivity index (χ1) is 11.3. The molecule has 0 fully saturated rings. The summed E-state index contributed by atoms with van der Waals surface area (Å²) in [7, 11) is 0. The van der Waals surface area contributed by atoms with E-state index in [-0.39, 0.29) is 11.1 Å². The number of carbonyl (C=O) groups is 2. The molecule has 0 aliphatic carbocycles. The molecule has 0 bridgehead atoms. The molecule has 0 saturated carbocycles. The van der Waals surface area contributed by atoms with Gasteiger partial charge in [-0.15, -0.1) is 0 Å². The first-order valence-electron chi connectivity index (χ1n) is 7.19. The van der Waals surface area contributed by atoms with E-state index in [0.717, 1.165) is 0 Å². The van der Waals surface area contributed by atoms with Gasteiger partial charge < -0.3 is 15.4 Å². The lowest BCUT2D eigenvalue weighted by Crippen LogP contribution is -2.29. The summed E-state index contributed by atoms with van der Waals surface area (Å²) in [6.07, 6.45) is 0.0578. The molecule has 0 aromatic heterocycles. The quantitative estimate of drug-likeness (QED) is 0.790. The lowest BCUT2D eigenvalue weighted by molar-refractivity contribution is -0.132. The van der Waals surface area contributed by atoms with E-state index in [0.29, 0.717) is 22.1 Å². The molecule has 0 aliphatic rings. The molecule has 2 aromatic carbocycles. The second kappa shape index (κ2) is 8.04. The highest BCUT2D eigenvalue weighted by Gasteiger charge is 2.14. The smallest absolute Gasteiger partial charge is 0.314 e. The summed E-state index contributed by atoms with van der Waals surface area (Å²) in [5.74, 6) is -0.919. The molecule has 0 atom stereocenters. The van der Waals surface area contributed by atoms with E-state index in [1.807, 2.05) is 13.8 Å². The molecular weight excluding hydrogens is 351 g/mol. The summed E-state index contributed by atoms with van der Waals surface area (Å²) in [6, 6.07) is 11.3. The van der Waals surface area contributed by atoms with Crippen LogP contribution in [0.5, 0.6) is 5.75 Å². The Kier molecular flexibility index (Phi) is 6.06. The predicted molar refractivity (Wildman–Crippen MR) is 95.9 cm³/mol. The zero-order valence-corrected chi connectivity index (χ0v) is 14.6. The van der Waals surface area contributed by atoms with Crippen molar-refractivity contribution in [3.8, 4) is 5.75 Å². The van der Waals surface area contributed by atoms with E-state index < -0.39 is 11.8 Å². The van der Waals surface area contributed by atoms with E-state index in [2.05, 4.69) is 10.6 Å². The number of carbonyl (C=O) groups excluding carboxylic acids is 2. The third kappa shape index (κ3) is 5.15. The summed E-state index contributed by atoms with van der Waals surface area (Å²) in [5.41, 5.74) is 0.866. The van der Waals surface area contributed by atoms with E-state index in [1.54, 1.807) is 30.3 Å². The Morgan fingerprint density at radius 1 is 0.875 bits per heavy atom. The average molecular weight is 367 g/mol. The Morgan fingerprint density at radius 3 is 1.96 bits per heavy atom. The van der Waals surface area contributed by atoms with Crippen LogP contribution in [0.4, 0.5) is 11.4 Å². The fourth-order valence-corrected chi connectivity index (χ4v) is 2.14. The minimum absolute atomic E-state index is 0.0578. The molecule has 2 aromatic rings. The van der Waals surface area contributed by atoms with Crippen molar-refractivity contribution in [2.75, 3.05) is 10.6 Å². The minimum atomic E-state index is -0.809. The van der Waals surface area contributed by atoms with Crippen LogP contribution >= 0.6 is 23.2 Å². The van der Waals surface area contributed by atoms with Gasteiger partial charge in [-0.25, -0.2) is 0 Å². The van der Waals surface area contributed by atoms with Gasteiger partial charge in [-0.2, -0.15) is 0 Å². The predicted octanol–water partition coefficient (Wildman–Crippen LogP) is 4.36. The summed E-state index contributed by atoms with van der Waals surface area (Å²) < 4.78 is 5.51. The molecule has 0 aliphatic heterocycles. The van der Waals surface area contributed by atoms with Gasteiger partial charge in [-0.3, -0.25) is 9.59 Å². The van der Waals surface area contributed by atoms with Crippen LogP contribution in [0.2, 0.25) is 10.0 Å². The number of amides is 2. The SMILES string of the molecule is CC(C)Oc1ccc(NC(=O)C(=O)Nc2ccc(Cl)c(Cl)c2)cc1. The fourth-order valence-electron chi connectivity index (χ4n) is 1.84. The van der Waals surface area contributed by atoms with Crippen LogP contribution < -0.4 is 15.4 Å². The van der Waals surface area contributed by atoms with E-state index in [9.17, 15) is 9.59 Å². The van der Waals surface area contributed by atoms with Crippen LogP contribution in [0, 0.1) is 0 Å². The third-order valence-corrected chi connectivity index (χ3v) is 3.61. The second-order valence-corrected chi connectivity index (χ2v) is 6.04. The number of rotatable bonds is 4. The largest absolute Gasteiger partial charge is 0.491 e. The lowest BCUT2D eigenvalue weighted by Gasteiger charge is -2.11. The maximum atomic E-state index is 11.9. The first kappa shape index (κ1) is 18.1. The van der Waals surface area contributed by atoms with Crippen LogP contribution in [0.15, 0.2) is 42.5 Å². The van der Waals surface area contributed by atoms with Crippen molar-refractivity contribution in [1.29, 1.82) is 0 Å². The van der Waals surface area contributed by atoms with Gasteiger partial charge in [-0.05, 0) is 56.3 Å². The third-order valence-electron chi connectivity index (χ3n) is 2.87. The van der Waals surface area contributed by atoms with E-state index >= 15 is 0 Å². The Labute approximate surface area is 149 Å². The van der Waals surface area contributed by atoms with Gasteiger partial charge in [0, 0.05) is 11.4 Å². The highest BCUT2D eigenvalue weighted by atomic mass is 35.5. The molecule has 126 valence electrons. The Bertz CT molecular complexity index is 746. The standard InChI is InChI=1S/C17H16Cl2N2O3/c1-10(2)24-13-6-3-11(4-7-13)20-16(22)17(23)21-12-5-8-14(18)15(19)9-12/h3-10H,1-2H3,(H,20,22)(H,21,23). The van der Waals surface area contributed by atoms with Crippen LogP contribution in [-0.4, -0.2) is 17.9 Å². The number of halogens is 2. The lowest BCUT2D eigenvalue weighted by atomic mass is 10.3. The number of benzene rings is 2. The van der Waals surface area contributed by atoms with Crippen molar-refractivity contribution in [1.82, 2.24) is 0 Å². The van der Waals surface area contributed by atoms with Crippen LogP contribution in [0.3, 0.4) is 0 Å². The molecule has 2 rings (SSSR count). The van der Waals surface area contributed by atoms with Gasteiger partial charge in [0.2, 0.25) is 0 Å². The number of hydrogen-bond donors (Lipinski definition) is 2. The maximum Gasteiger partial charge on any atom is 0.314 e. The number of ether oxygens (including phenoxy) is 1. The van der Waals surface area contributed by atoms with Crippen molar-refractivity contribution in [3.63, 3.8) is 0 Å². The number of nitrogens with one attached hydrogen (secondary N) is 2. The molecule has 0 heterocycles. The van der Waals surface area contributed by atoms with Gasteiger partial charge in [-0.1, -0.05) is 23.2 Å². The number of anilines is 2. The molecule has 2 amide bonds. The van der Waals surface area contributed by atoms with Gasteiger partial charge in [0.05, 0.1) is 16.1 Å². The topological polar surface area (TPSA) is 67.4 Å². The molecule has 7 heteroatoms. The monoisotopic (exact) mass is 366 g/mol. The summed E-state index contributed by atoms with van der Waals surface area (Å²) in [6.45, 7) is 3.84. The molecule has 0 spiro atoms. The summed E-state index contributed by atoms with van der Waals surface area (Å²) >= 11 is 11.7. The van der Waals surface area contributed by atoms with Gasteiger partial charge in [0.15, 0.2) is 0 Å². The normalized spacial score (nSPS) is 10.4. The molecule has 24 heavy (non-hydrogen) atoms. The Balaban J connectivity index is 1.95. The highest BCUT2D eigenvalue weighted by molar-refractivity contribution is 6.44. The molecule has 0 unspecified atom stereocenters. The fraction of sp³-hybridized carbons (Fsp3) is 0.176. The van der Waals surface area contributed by atoms with Crippen LogP contribution in [0.1, 0.15) is 13.8 Å². The van der Waals surface area contributed by atoms with Crippen molar-refractivity contribution in [3.05, 3.63) is 52.5 Å². The zero-order valence-electron chi connectivity index (χ0n) is 13.1. The van der Waals surface area contributed by atoms with Crippen molar-refractivity contribution in [2.45, 2.75) is 20.0 Å². The summed E-state index contributed by atoms with van der Waals surface area (Å²) in [5, 5.41) is 5.60. The molecule has 5 nitrogen and oxygen atoms in total. The minimum Gasteiger partial charge on any atom is -0.491 e. The van der Waals surface area contributed by atoms with Crippen LogP contribution in [-0.2, 0) is 9.59 Å². The highest BCUT2D eigenvalue weighted by Crippen LogP contribution is 2.25. The van der Waals surface area contributed by atoms with E-state index in [1.165, 1.54) is 12.1 Å². The van der Waals surface area contributed by atoms with Crippen LogP contribution in [0.25, 0.3) is 0 Å². The van der Waals surface area contributed by atoms with Gasteiger partial charge in [0.25, 0.3) is 0 Å². The average Bonchev–Trinajstić information content (AvgIpc) is 2.52. The molecule has 2 N–H and O–H groups in total. The maximum absolute atomic E-state index is 11.9. The molecule has 0 radical (unpaired) electrons. The first-order valence-corrected chi connectivity index (χ1v) is 7.95. The van der Waals surface area contributed by atoms with Gasteiger partial charge >= 0.3 is 11.8 Å².